The zero-order valence-corrected chi connectivity index (χ0v) is 14.4. The monoisotopic (exact) mass is 328 g/mol. The first kappa shape index (κ1) is 16.1. The molecule has 2 heterocycles. The molecule has 8 heteroatoms. The highest BCUT2D eigenvalue weighted by Gasteiger charge is 2.27. The van der Waals surface area contributed by atoms with Crippen LogP contribution in [0.3, 0.4) is 0 Å². The van der Waals surface area contributed by atoms with Gasteiger partial charge in [-0.3, -0.25) is 5.10 Å². The fourth-order valence-electron chi connectivity index (χ4n) is 2.14. The molecule has 0 aromatic carbocycles. The van der Waals surface area contributed by atoms with Gasteiger partial charge in [0.2, 0.25) is 10.0 Å². The lowest BCUT2D eigenvalue weighted by Crippen LogP contribution is -2.29. The molecule has 0 saturated heterocycles. The number of aromatic nitrogens is 3. The zero-order valence-electron chi connectivity index (χ0n) is 12.8. The quantitative estimate of drug-likeness (QED) is 0.883. The van der Waals surface area contributed by atoms with E-state index in [2.05, 4.69) is 19.9 Å². The molecule has 6 nitrogen and oxygen atoms in total. The molecule has 2 aromatic rings. The molecular formula is C13H20N4O2S2. The van der Waals surface area contributed by atoms with E-state index >= 15 is 0 Å². The van der Waals surface area contributed by atoms with Crippen molar-refractivity contribution < 1.29 is 8.42 Å². The van der Waals surface area contributed by atoms with Gasteiger partial charge in [-0.2, -0.15) is 5.10 Å². The average Bonchev–Trinajstić information content (AvgIpc) is 2.90. The maximum Gasteiger partial charge on any atom is 0.244 e. The van der Waals surface area contributed by atoms with E-state index in [1.165, 1.54) is 11.3 Å². The molecule has 2 aromatic heterocycles. The second-order valence-electron chi connectivity index (χ2n) is 5.04. The third kappa shape index (κ3) is 3.17. The molecule has 0 amide bonds. The van der Waals surface area contributed by atoms with Gasteiger partial charge >= 0.3 is 0 Å². The molecule has 1 unspecified atom stereocenters. The van der Waals surface area contributed by atoms with Gasteiger partial charge < -0.3 is 0 Å². The Kier molecular flexibility index (Phi) is 4.50. The van der Waals surface area contributed by atoms with Crippen LogP contribution in [-0.2, 0) is 10.0 Å². The van der Waals surface area contributed by atoms with Gasteiger partial charge in [0, 0.05) is 4.88 Å². The van der Waals surface area contributed by atoms with E-state index in [1.54, 1.807) is 13.8 Å². The summed E-state index contributed by atoms with van der Waals surface area (Å²) in [5.41, 5.74) is 1.96. The van der Waals surface area contributed by atoms with E-state index in [4.69, 9.17) is 0 Å². The predicted octanol–water partition coefficient (Wildman–Crippen LogP) is 2.53. The lowest BCUT2D eigenvalue weighted by atomic mass is 10.2. The largest absolute Gasteiger partial charge is 0.281 e. The Balaban J connectivity index is 2.34. The number of rotatable bonds is 5. The Morgan fingerprint density at radius 2 is 1.90 bits per heavy atom. The highest BCUT2D eigenvalue weighted by atomic mass is 32.2. The van der Waals surface area contributed by atoms with Crippen molar-refractivity contribution in [3.8, 4) is 0 Å². The van der Waals surface area contributed by atoms with Crippen molar-refractivity contribution in [2.45, 2.75) is 52.0 Å². The number of H-pyrrole nitrogens is 1. The number of aromatic amines is 1. The molecular weight excluding hydrogens is 308 g/mol. The molecule has 2 rings (SSSR count). The highest BCUT2D eigenvalue weighted by molar-refractivity contribution is 7.89. The summed E-state index contributed by atoms with van der Waals surface area (Å²) in [4.78, 5) is 5.80. The first-order chi connectivity index (χ1) is 9.76. The number of aryl methyl sites for hydroxylation is 4. The van der Waals surface area contributed by atoms with Crippen LogP contribution in [0.15, 0.2) is 4.90 Å². The number of hydrogen-bond donors (Lipinski definition) is 2. The first-order valence-electron chi connectivity index (χ1n) is 6.74. The summed E-state index contributed by atoms with van der Waals surface area (Å²) in [6.07, 6.45) is 0.640. The summed E-state index contributed by atoms with van der Waals surface area (Å²) in [6, 6.07) is -0.318. The molecule has 0 aliphatic rings. The molecule has 1 atom stereocenters. The molecule has 116 valence electrons. The van der Waals surface area contributed by atoms with Gasteiger partial charge in [0.05, 0.1) is 23.1 Å². The van der Waals surface area contributed by atoms with Crippen molar-refractivity contribution in [2.75, 3.05) is 0 Å². The minimum Gasteiger partial charge on any atom is -0.281 e. The van der Waals surface area contributed by atoms with Gasteiger partial charge in [-0.1, -0.05) is 6.92 Å². The van der Waals surface area contributed by atoms with Gasteiger partial charge in [-0.15, -0.1) is 11.3 Å². The molecule has 0 aliphatic carbocycles. The predicted molar refractivity (Wildman–Crippen MR) is 83.0 cm³/mol. The van der Waals surface area contributed by atoms with E-state index in [0.717, 1.165) is 15.6 Å². The van der Waals surface area contributed by atoms with E-state index < -0.39 is 10.0 Å². The van der Waals surface area contributed by atoms with Gasteiger partial charge in [0.15, 0.2) is 0 Å². The van der Waals surface area contributed by atoms with Crippen LogP contribution < -0.4 is 4.72 Å². The minimum absolute atomic E-state index is 0.228. The minimum atomic E-state index is -3.62. The van der Waals surface area contributed by atoms with E-state index in [9.17, 15) is 8.42 Å². The summed E-state index contributed by atoms with van der Waals surface area (Å²) >= 11 is 1.53. The topological polar surface area (TPSA) is 87.7 Å². The summed E-state index contributed by atoms with van der Waals surface area (Å²) in [5, 5.41) is 7.46. The van der Waals surface area contributed by atoms with Gasteiger partial charge in [-0.25, -0.2) is 18.1 Å². The molecule has 0 spiro atoms. The van der Waals surface area contributed by atoms with Crippen LogP contribution in [0.1, 0.15) is 46.4 Å². The van der Waals surface area contributed by atoms with Crippen molar-refractivity contribution in [1.29, 1.82) is 0 Å². The summed E-state index contributed by atoms with van der Waals surface area (Å²) in [5.74, 6) is 0. The third-order valence-electron chi connectivity index (χ3n) is 3.38. The number of nitrogens with zero attached hydrogens (tertiary/aromatic N) is 2. The molecule has 0 fully saturated rings. The normalized spacial score (nSPS) is 13.6. The lowest BCUT2D eigenvalue weighted by Gasteiger charge is -2.15. The number of nitrogens with one attached hydrogen (secondary N) is 2. The van der Waals surface area contributed by atoms with Crippen LogP contribution >= 0.6 is 11.3 Å². The maximum atomic E-state index is 12.6. The summed E-state index contributed by atoms with van der Waals surface area (Å²) < 4.78 is 27.9. The number of sulfonamides is 1. The van der Waals surface area contributed by atoms with Crippen molar-refractivity contribution >= 4 is 21.4 Å². The SMILES string of the molecule is CCC(NS(=O)(=O)c1c(C)n[nH]c1C)c1nc(C)c(C)s1. The molecule has 0 aliphatic heterocycles. The second-order valence-corrected chi connectivity index (χ2v) is 7.92. The van der Waals surface area contributed by atoms with Crippen molar-refractivity contribution in [3.05, 3.63) is 27.0 Å². The fraction of sp³-hybridized carbons (Fsp3) is 0.538. The number of thiazole rings is 1. The van der Waals surface area contributed by atoms with E-state index in [1.807, 2.05) is 20.8 Å². The molecule has 0 radical (unpaired) electrons. The maximum absolute atomic E-state index is 12.6. The molecule has 0 bridgehead atoms. The van der Waals surface area contributed by atoms with Crippen LogP contribution in [0.5, 0.6) is 0 Å². The standard InChI is InChI=1S/C13H20N4O2S2/c1-6-11(13-14-7(2)10(5)20-13)17-21(18,19)12-8(3)15-16-9(12)4/h11,17H,6H2,1-5H3,(H,15,16). The molecule has 21 heavy (non-hydrogen) atoms. The van der Waals surface area contributed by atoms with Crippen LogP contribution in [0.25, 0.3) is 0 Å². The van der Waals surface area contributed by atoms with Gasteiger partial charge in [0.25, 0.3) is 0 Å². The van der Waals surface area contributed by atoms with Crippen molar-refractivity contribution in [3.63, 3.8) is 0 Å². The Bertz CT molecular complexity index is 707. The highest BCUT2D eigenvalue weighted by Crippen LogP contribution is 2.27. The van der Waals surface area contributed by atoms with Crippen LogP contribution in [0.2, 0.25) is 0 Å². The van der Waals surface area contributed by atoms with Crippen LogP contribution in [0, 0.1) is 27.7 Å². The third-order valence-corrected chi connectivity index (χ3v) is 6.30. The Morgan fingerprint density at radius 3 is 2.33 bits per heavy atom. The summed E-state index contributed by atoms with van der Waals surface area (Å²) in [6.45, 7) is 9.24. The van der Waals surface area contributed by atoms with Gasteiger partial charge in [-0.05, 0) is 34.1 Å². The van der Waals surface area contributed by atoms with E-state index in [-0.39, 0.29) is 10.9 Å². The van der Waals surface area contributed by atoms with Crippen LogP contribution in [0.4, 0.5) is 0 Å². The molecule has 2 N–H and O–H groups in total. The second kappa shape index (κ2) is 5.86. The summed E-state index contributed by atoms with van der Waals surface area (Å²) in [7, 11) is -3.62. The fourth-order valence-corrected chi connectivity index (χ4v) is 4.92. The lowest BCUT2D eigenvalue weighted by molar-refractivity contribution is 0.547. The average molecular weight is 328 g/mol. The van der Waals surface area contributed by atoms with Crippen LogP contribution in [-0.4, -0.2) is 23.6 Å². The Morgan fingerprint density at radius 1 is 1.24 bits per heavy atom. The first-order valence-corrected chi connectivity index (χ1v) is 9.04. The van der Waals surface area contributed by atoms with E-state index in [0.29, 0.717) is 17.8 Å². The molecule has 0 saturated carbocycles. The number of hydrogen-bond acceptors (Lipinski definition) is 5. The Labute approximate surface area is 129 Å². The van der Waals surface area contributed by atoms with Crippen molar-refractivity contribution in [1.82, 2.24) is 19.9 Å². The Hall–Kier alpha value is -1.25. The zero-order chi connectivity index (χ0) is 15.8. The smallest absolute Gasteiger partial charge is 0.244 e. The van der Waals surface area contributed by atoms with Crippen molar-refractivity contribution in [2.24, 2.45) is 0 Å². The van der Waals surface area contributed by atoms with Gasteiger partial charge in [0.1, 0.15) is 9.90 Å².